The van der Waals surface area contributed by atoms with Crippen molar-refractivity contribution in [1.82, 2.24) is 24.5 Å². The molecule has 0 amide bonds. The molecule has 3 saturated heterocycles. The van der Waals surface area contributed by atoms with Crippen molar-refractivity contribution in [3.05, 3.63) is 28.8 Å². The molecule has 6 nitrogen and oxygen atoms in total. The van der Waals surface area contributed by atoms with E-state index < -0.39 is 0 Å². The van der Waals surface area contributed by atoms with Crippen LogP contribution in [-0.4, -0.2) is 111 Å². The Labute approximate surface area is 165 Å². The van der Waals surface area contributed by atoms with E-state index in [1.807, 2.05) is 28.2 Å². The van der Waals surface area contributed by atoms with Crippen molar-refractivity contribution in [3.63, 3.8) is 0 Å². The van der Waals surface area contributed by atoms with Crippen LogP contribution in [0.2, 0.25) is 0 Å². The first-order valence-electron chi connectivity index (χ1n) is 9.97. The predicted molar refractivity (Wildman–Crippen MR) is 113 cm³/mol. The number of benzene rings is 1. The molecule has 1 aromatic rings. The molecule has 4 rings (SSSR count). The zero-order valence-corrected chi connectivity index (χ0v) is 18.2. The molecular weight excluding hydrogens is 338 g/mol. The minimum Gasteiger partial charge on any atom is -0.507 e. The van der Waals surface area contributed by atoms with Crippen molar-refractivity contribution in [3.8, 4) is 5.75 Å². The fourth-order valence-corrected chi connectivity index (χ4v) is 3.73. The molecular formula is C21H39N5O. The van der Waals surface area contributed by atoms with Crippen LogP contribution in [0.15, 0.2) is 12.1 Å². The third-order valence-electron chi connectivity index (χ3n) is 5.00. The summed E-state index contributed by atoms with van der Waals surface area (Å²) in [6.45, 7) is 10.3. The molecule has 3 aliphatic rings. The lowest BCUT2D eigenvalue weighted by atomic mass is 10.0. The van der Waals surface area contributed by atoms with Gasteiger partial charge in [0.1, 0.15) is 5.75 Å². The Morgan fingerprint density at radius 2 is 1.00 bits per heavy atom. The van der Waals surface area contributed by atoms with Gasteiger partial charge in [-0.2, -0.15) is 0 Å². The molecule has 0 aliphatic carbocycles. The highest BCUT2D eigenvalue weighted by Crippen LogP contribution is 2.27. The topological polar surface area (TPSA) is 36.4 Å². The molecule has 1 aromatic carbocycles. The second-order valence-corrected chi connectivity index (χ2v) is 8.66. The number of piperazine rings is 3. The van der Waals surface area contributed by atoms with Crippen LogP contribution >= 0.6 is 0 Å². The van der Waals surface area contributed by atoms with Gasteiger partial charge in [0.2, 0.25) is 0 Å². The average Bonchev–Trinajstić information content (AvgIpc) is 2.60. The van der Waals surface area contributed by atoms with E-state index in [-0.39, 0.29) is 0 Å². The molecule has 0 unspecified atom stereocenters. The number of fused-ring (bicyclic) bond motifs is 3. The van der Waals surface area contributed by atoms with Crippen molar-refractivity contribution in [1.29, 1.82) is 0 Å². The number of phenols is 1. The third kappa shape index (κ3) is 7.39. The second kappa shape index (κ2) is 10.4. The number of rotatable bonds is 6. The predicted octanol–water partition coefficient (Wildman–Crippen LogP) is 1.19. The largest absolute Gasteiger partial charge is 0.507 e. The summed E-state index contributed by atoms with van der Waals surface area (Å²) in [7, 11) is 12.2. The Balaban J connectivity index is 0.000000266. The van der Waals surface area contributed by atoms with Gasteiger partial charge in [-0.15, -0.1) is 0 Å². The molecule has 1 N–H and O–H groups in total. The number of nitrogens with zero attached hydrogens (tertiary/aromatic N) is 5. The lowest BCUT2D eigenvalue weighted by molar-refractivity contribution is 0.0647. The van der Waals surface area contributed by atoms with E-state index in [0.717, 1.165) is 30.8 Å². The Bertz CT molecular complexity index is 526. The fraction of sp³-hybridized carbons (Fsp3) is 0.714. The van der Waals surface area contributed by atoms with Gasteiger partial charge < -0.3 is 19.8 Å². The maximum Gasteiger partial charge on any atom is 0.124 e. The average molecular weight is 378 g/mol. The van der Waals surface area contributed by atoms with E-state index >= 15 is 0 Å². The first-order valence-corrected chi connectivity index (χ1v) is 9.97. The minimum atomic E-state index is 0.435. The van der Waals surface area contributed by atoms with Crippen LogP contribution in [0.25, 0.3) is 0 Å². The maximum atomic E-state index is 10.4. The normalized spacial score (nSPS) is 21.7. The van der Waals surface area contributed by atoms with Crippen LogP contribution in [-0.2, 0) is 19.6 Å². The van der Waals surface area contributed by atoms with E-state index in [4.69, 9.17) is 0 Å². The second-order valence-electron chi connectivity index (χ2n) is 8.66. The quantitative estimate of drug-likeness (QED) is 0.803. The molecule has 2 bridgehead atoms. The van der Waals surface area contributed by atoms with E-state index in [2.05, 4.69) is 50.7 Å². The monoisotopic (exact) mass is 377 g/mol. The maximum absolute atomic E-state index is 10.4. The minimum absolute atomic E-state index is 0.435. The standard InChI is InChI=1S/C15H27N3O.C6H12N2/c1-16(2)9-12-7-13(10-17(3)4)15(19)14(8-12)11-18(5)6;1-2-8-5-3-7(1)4-6-8/h7-8,19H,9-11H2,1-6H3;1-6H2. The molecule has 0 radical (unpaired) electrons. The van der Waals surface area contributed by atoms with Crippen molar-refractivity contribution in [2.24, 2.45) is 0 Å². The van der Waals surface area contributed by atoms with Gasteiger partial charge in [0, 0.05) is 70.0 Å². The highest BCUT2D eigenvalue weighted by Gasteiger charge is 2.21. The van der Waals surface area contributed by atoms with Gasteiger partial charge in [-0.1, -0.05) is 0 Å². The summed E-state index contributed by atoms with van der Waals surface area (Å²) in [6.07, 6.45) is 0. The van der Waals surface area contributed by atoms with E-state index in [0.29, 0.717) is 5.75 Å². The zero-order chi connectivity index (χ0) is 20.0. The summed E-state index contributed by atoms with van der Waals surface area (Å²) >= 11 is 0. The smallest absolute Gasteiger partial charge is 0.124 e. The summed E-state index contributed by atoms with van der Waals surface area (Å²) in [4.78, 5) is 11.4. The van der Waals surface area contributed by atoms with Crippen LogP contribution in [0.5, 0.6) is 5.75 Å². The highest BCUT2D eigenvalue weighted by atomic mass is 16.3. The molecule has 154 valence electrons. The number of hydrogen-bond acceptors (Lipinski definition) is 6. The van der Waals surface area contributed by atoms with Crippen LogP contribution < -0.4 is 0 Å². The molecule has 3 heterocycles. The SMILES string of the molecule is C1CN2CCN1CC2.CN(C)Cc1cc(CN(C)C)c(O)c(CN(C)C)c1. The number of hydrogen-bond donors (Lipinski definition) is 1. The summed E-state index contributed by atoms with van der Waals surface area (Å²) in [5.41, 5.74) is 3.25. The molecule has 0 aromatic heterocycles. The summed E-state index contributed by atoms with van der Waals surface area (Å²) in [5.74, 6) is 0.435. The fourth-order valence-electron chi connectivity index (χ4n) is 3.73. The summed E-state index contributed by atoms with van der Waals surface area (Å²) in [6, 6.07) is 4.21. The molecule has 3 aliphatic heterocycles. The van der Waals surface area contributed by atoms with Crippen LogP contribution in [0.1, 0.15) is 16.7 Å². The van der Waals surface area contributed by atoms with E-state index in [1.165, 1.54) is 44.8 Å². The number of aromatic hydroxyl groups is 1. The van der Waals surface area contributed by atoms with Gasteiger partial charge in [0.15, 0.2) is 0 Å². The summed E-state index contributed by atoms with van der Waals surface area (Å²) < 4.78 is 0. The Hall–Kier alpha value is -1.18. The summed E-state index contributed by atoms with van der Waals surface area (Å²) in [5, 5.41) is 10.4. The lowest BCUT2D eigenvalue weighted by Crippen LogP contribution is -2.55. The van der Waals surface area contributed by atoms with E-state index in [9.17, 15) is 5.11 Å². The van der Waals surface area contributed by atoms with Crippen LogP contribution in [0.3, 0.4) is 0 Å². The molecule has 27 heavy (non-hydrogen) atoms. The van der Waals surface area contributed by atoms with Crippen molar-refractivity contribution < 1.29 is 5.11 Å². The zero-order valence-electron chi connectivity index (χ0n) is 18.2. The Morgan fingerprint density at radius 3 is 1.26 bits per heavy atom. The molecule has 0 spiro atoms. The van der Waals surface area contributed by atoms with Gasteiger partial charge in [-0.3, -0.25) is 9.80 Å². The van der Waals surface area contributed by atoms with Gasteiger partial charge in [0.25, 0.3) is 0 Å². The Kier molecular flexibility index (Phi) is 8.51. The van der Waals surface area contributed by atoms with Gasteiger partial charge in [-0.25, -0.2) is 0 Å². The van der Waals surface area contributed by atoms with Crippen molar-refractivity contribution in [2.75, 3.05) is 81.6 Å². The van der Waals surface area contributed by atoms with Gasteiger partial charge >= 0.3 is 0 Å². The van der Waals surface area contributed by atoms with Gasteiger partial charge in [-0.05, 0) is 60.0 Å². The third-order valence-corrected chi connectivity index (χ3v) is 5.00. The molecule has 3 fully saturated rings. The molecule has 0 saturated carbocycles. The molecule has 0 atom stereocenters. The van der Waals surface area contributed by atoms with Crippen LogP contribution in [0.4, 0.5) is 0 Å². The number of phenolic OH excluding ortho intramolecular Hbond substituents is 1. The van der Waals surface area contributed by atoms with Crippen molar-refractivity contribution >= 4 is 0 Å². The van der Waals surface area contributed by atoms with E-state index in [1.54, 1.807) is 0 Å². The lowest BCUT2D eigenvalue weighted by Gasteiger charge is -2.41. The van der Waals surface area contributed by atoms with Crippen LogP contribution in [0, 0.1) is 0 Å². The highest BCUT2D eigenvalue weighted by molar-refractivity contribution is 5.44. The van der Waals surface area contributed by atoms with Gasteiger partial charge in [0.05, 0.1) is 0 Å². The first kappa shape index (κ1) is 22.1. The van der Waals surface area contributed by atoms with Crippen molar-refractivity contribution in [2.45, 2.75) is 19.6 Å². The first-order chi connectivity index (χ1) is 12.7. The molecule has 6 heteroatoms. The Morgan fingerprint density at radius 1 is 0.667 bits per heavy atom.